The van der Waals surface area contributed by atoms with E-state index in [4.69, 9.17) is 4.74 Å². The van der Waals surface area contributed by atoms with Gasteiger partial charge in [-0.3, -0.25) is 9.59 Å². The lowest BCUT2D eigenvalue weighted by Gasteiger charge is -2.32. The van der Waals surface area contributed by atoms with Crippen molar-refractivity contribution in [2.75, 3.05) is 57.3 Å². The molecular formula is C20H29N3O3S. The number of nitrogens with zero attached hydrogens (tertiary/aromatic N) is 3. The molecule has 0 unspecified atom stereocenters. The van der Waals surface area contributed by atoms with Crippen molar-refractivity contribution in [1.29, 1.82) is 0 Å². The SMILES string of the molecule is O=C([C@H]1[C@@H]2C=C[C@@]3(CN(CCN4CCCCC4)C(=O)[C@H]13)O2)N1CCSCC1. The van der Waals surface area contributed by atoms with Gasteiger partial charge in [0.25, 0.3) is 0 Å². The Morgan fingerprint density at radius 2 is 1.93 bits per heavy atom. The fraction of sp³-hybridized carbons (Fsp3) is 0.800. The number of amides is 2. The molecule has 5 aliphatic heterocycles. The largest absolute Gasteiger partial charge is 0.360 e. The molecule has 5 aliphatic rings. The fourth-order valence-electron chi connectivity index (χ4n) is 5.49. The number of thioether (sulfide) groups is 1. The molecule has 1 spiro atoms. The van der Waals surface area contributed by atoms with Crippen LogP contribution in [0.15, 0.2) is 12.2 Å². The van der Waals surface area contributed by atoms with Gasteiger partial charge in [-0.1, -0.05) is 18.6 Å². The molecule has 0 aromatic carbocycles. The lowest BCUT2D eigenvalue weighted by molar-refractivity contribution is -0.143. The van der Waals surface area contributed by atoms with Crippen LogP contribution in [0.25, 0.3) is 0 Å². The number of carbonyl (C=O) groups excluding carboxylic acids is 2. The zero-order chi connectivity index (χ0) is 18.4. The van der Waals surface area contributed by atoms with E-state index < -0.39 is 5.60 Å². The first-order valence-corrected chi connectivity index (χ1v) is 11.6. The van der Waals surface area contributed by atoms with Crippen LogP contribution < -0.4 is 0 Å². The van der Waals surface area contributed by atoms with Crippen LogP contribution in [0.2, 0.25) is 0 Å². The van der Waals surface area contributed by atoms with Crippen molar-refractivity contribution in [2.24, 2.45) is 11.8 Å². The van der Waals surface area contributed by atoms with Crippen LogP contribution in [0, 0.1) is 11.8 Å². The normalized spacial score (nSPS) is 38.7. The summed E-state index contributed by atoms with van der Waals surface area (Å²) in [5.41, 5.74) is -0.561. The van der Waals surface area contributed by atoms with Gasteiger partial charge in [0.2, 0.25) is 11.8 Å². The number of hydrogen-bond donors (Lipinski definition) is 0. The molecule has 7 heteroatoms. The topological polar surface area (TPSA) is 53.1 Å². The van der Waals surface area contributed by atoms with Crippen molar-refractivity contribution in [3.05, 3.63) is 12.2 Å². The second kappa shape index (κ2) is 7.08. The van der Waals surface area contributed by atoms with Crippen LogP contribution in [0.5, 0.6) is 0 Å². The van der Waals surface area contributed by atoms with Crippen LogP contribution in [0.1, 0.15) is 19.3 Å². The third kappa shape index (κ3) is 3.02. The predicted molar refractivity (Wildman–Crippen MR) is 105 cm³/mol. The standard InChI is InChI=1S/C20H29N3O3S/c24-18(22-10-12-27-13-11-22)16-15-4-5-20(26-15)14-23(19(25)17(16)20)9-8-21-6-2-1-3-7-21/h4-5,15-17H,1-3,6-14H2/t15-,16-,17-,20-/m0/s1. The molecule has 0 aromatic heterocycles. The summed E-state index contributed by atoms with van der Waals surface area (Å²) in [5.74, 6) is 1.59. The molecule has 4 saturated heterocycles. The molecular weight excluding hydrogens is 362 g/mol. The number of fused-ring (bicyclic) bond motifs is 1. The maximum atomic E-state index is 13.3. The molecule has 5 heterocycles. The molecule has 0 saturated carbocycles. The molecule has 5 rings (SSSR count). The molecule has 0 N–H and O–H groups in total. The van der Waals surface area contributed by atoms with E-state index in [1.165, 1.54) is 19.3 Å². The first kappa shape index (κ1) is 18.0. The van der Waals surface area contributed by atoms with E-state index >= 15 is 0 Å². The van der Waals surface area contributed by atoms with E-state index in [2.05, 4.69) is 11.0 Å². The summed E-state index contributed by atoms with van der Waals surface area (Å²) in [7, 11) is 0. The van der Waals surface area contributed by atoms with Gasteiger partial charge in [-0.2, -0.15) is 11.8 Å². The molecule has 6 nitrogen and oxygen atoms in total. The van der Waals surface area contributed by atoms with Crippen molar-refractivity contribution < 1.29 is 14.3 Å². The van der Waals surface area contributed by atoms with Crippen LogP contribution in [0.4, 0.5) is 0 Å². The van der Waals surface area contributed by atoms with E-state index in [0.717, 1.165) is 50.8 Å². The third-order valence-electron chi connectivity index (χ3n) is 6.92. The van der Waals surface area contributed by atoms with E-state index in [-0.39, 0.29) is 29.8 Å². The number of carbonyl (C=O) groups is 2. The molecule has 4 fully saturated rings. The molecule has 27 heavy (non-hydrogen) atoms. The fourth-order valence-corrected chi connectivity index (χ4v) is 6.39. The van der Waals surface area contributed by atoms with Gasteiger partial charge in [0.15, 0.2) is 0 Å². The Morgan fingerprint density at radius 1 is 1.15 bits per heavy atom. The predicted octanol–water partition coefficient (Wildman–Crippen LogP) is 0.830. The first-order chi connectivity index (χ1) is 13.2. The van der Waals surface area contributed by atoms with Gasteiger partial charge >= 0.3 is 0 Å². The highest BCUT2D eigenvalue weighted by Gasteiger charge is 2.67. The van der Waals surface area contributed by atoms with Crippen molar-refractivity contribution in [2.45, 2.75) is 31.0 Å². The molecule has 4 atom stereocenters. The lowest BCUT2D eigenvalue weighted by atomic mass is 9.76. The van der Waals surface area contributed by atoms with Crippen LogP contribution in [0.3, 0.4) is 0 Å². The van der Waals surface area contributed by atoms with Crippen LogP contribution >= 0.6 is 11.8 Å². The molecule has 0 aromatic rings. The number of piperidine rings is 1. The molecule has 0 aliphatic carbocycles. The monoisotopic (exact) mass is 391 g/mol. The minimum absolute atomic E-state index is 0.128. The summed E-state index contributed by atoms with van der Waals surface area (Å²) < 4.78 is 6.26. The highest BCUT2D eigenvalue weighted by Crippen LogP contribution is 2.52. The van der Waals surface area contributed by atoms with Crippen molar-refractivity contribution in [3.8, 4) is 0 Å². The summed E-state index contributed by atoms with van der Waals surface area (Å²) in [5, 5.41) is 0. The van der Waals surface area contributed by atoms with E-state index in [1.54, 1.807) is 0 Å². The number of likely N-dealkylation sites (tertiary alicyclic amines) is 2. The maximum Gasteiger partial charge on any atom is 0.230 e. The van der Waals surface area contributed by atoms with E-state index in [1.807, 2.05) is 27.6 Å². The second-order valence-corrected chi connectivity index (χ2v) is 9.72. The van der Waals surface area contributed by atoms with Crippen molar-refractivity contribution in [1.82, 2.24) is 14.7 Å². The van der Waals surface area contributed by atoms with Crippen LogP contribution in [-0.4, -0.2) is 95.5 Å². The number of hydrogen-bond acceptors (Lipinski definition) is 5. The molecule has 148 valence electrons. The minimum Gasteiger partial charge on any atom is -0.360 e. The van der Waals surface area contributed by atoms with Crippen molar-refractivity contribution in [3.63, 3.8) is 0 Å². The van der Waals surface area contributed by atoms with Gasteiger partial charge in [0, 0.05) is 37.7 Å². The zero-order valence-corrected chi connectivity index (χ0v) is 16.7. The quantitative estimate of drug-likeness (QED) is 0.665. The molecule has 2 amide bonds. The van der Waals surface area contributed by atoms with Gasteiger partial charge < -0.3 is 19.4 Å². The smallest absolute Gasteiger partial charge is 0.230 e. The Bertz CT molecular complexity index is 644. The summed E-state index contributed by atoms with van der Waals surface area (Å²) in [6.45, 7) is 6.17. The average Bonchev–Trinajstić information content (AvgIpc) is 3.35. The third-order valence-corrected chi connectivity index (χ3v) is 7.86. The second-order valence-electron chi connectivity index (χ2n) is 8.50. The average molecular weight is 392 g/mol. The Hall–Kier alpha value is -1.05. The summed E-state index contributed by atoms with van der Waals surface area (Å²) in [6, 6.07) is 0. The van der Waals surface area contributed by atoms with Gasteiger partial charge in [-0.25, -0.2) is 0 Å². The van der Waals surface area contributed by atoms with Gasteiger partial charge in [0.1, 0.15) is 5.60 Å². The highest BCUT2D eigenvalue weighted by atomic mass is 32.2. The van der Waals surface area contributed by atoms with E-state index in [9.17, 15) is 9.59 Å². The first-order valence-electron chi connectivity index (χ1n) is 10.4. The Labute approximate surface area is 165 Å². The summed E-state index contributed by atoms with van der Waals surface area (Å²) in [6.07, 6.45) is 7.72. The van der Waals surface area contributed by atoms with Crippen molar-refractivity contribution >= 4 is 23.6 Å². The number of ether oxygens (including phenoxy) is 1. The molecule has 0 radical (unpaired) electrons. The Balaban J connectivity index is 1.29. The lowest BCUT2D eigenvalue weighted by Crippen LogP contribution is -2.48. The minimum atomic E-state index is -0.561. The summed E-state index contributed by atoms with van der Waals surface area (Å²) >= 11 is 1.89. The zero-order valence-electron chi connectivity index (χ0n) is 15.8. The summed E-state index contributed by atoms with van der Waals surface area (Å²) in [4.78, 5) is 32.8. The van der Waals surface area contributed by atoms with E-state index in [0.29, 0.717) is 6.54 Å². The maximum absolute atomic E-state index is 13.3. The van der Waals surface area contributed by atoms with Crippen LogP contribution in [-0.2, 0) is 14.3 Å². The molecule has 2 bridgehead atoms. The van der Waals surface area contributed by atoms with Gasteiger partial charge in [0.05, 0.1) is 24.5 Å². The Morgan fingerprint density at radius 3 is 2.70 bits per heavy atom. The number of rotatable bonds is 4. The van der Waals surface area contributed by atoms with Gasteiger partial charge in [-0.15, -0.1) is 0 Å². The highest BCUT2D eigenvalue weighted by molar-refractivity contribution is 7.99. The Kier molecular flexibility index (Phi) is 4.72. The van der Waals surface area contributed by atoms with Gasteiger partial charge in [-0.05, 0) is 25.9 Å².